The van der Waals surface area contributed by atoms with Gasteiger partial charge >= 0.3 is 5.97 Å². The summed E-state index contributed by atoms with van der Waals surface area (Å²) in [6.07, 6.45) is 17.0. The van der Waals surface area contributed by atoms with Gasteiger partial charge in [0.05, 0.1) is 13.2 Å². The first kappa shape index (κ1) is 27.5. The third-order valence-electron chi connectivity index (χ3n) is 6.69. The highest BCUT2D eigenvalue weighted by atomic mass is 17.3. The predicted octanol–water partition coefficient (Wildman–Crippen LogP) is 4.61. The molecule has 2 saturated heterocycles. The van der Waals surface area contributed by atoms with Gasteiger partial charge in [-0.2, -0.15) is 0 Å². The van der Waals surface area contributed by atoms with Crippen LogP contribution in [0, 0.1) is 0 Å². The fourth-order valence-corrected chi connectivity index (χ4v) is 4.54. The van der Waals surface area contributed by atoms with E-state index in [9.17, 15) is 15.0 Å². The number of hydrogen-bond acceptors (Lipinski definition) is 7. The number of unbranched alkanes of at least 4 members (excludes halogenated alkanes) is 14. The van der Waals surface area contributed by atoms with E-state index in [2.05, 4.69) is 6.92 Å². The number of ether oxygens (including phenoxy) is 2. The molecule has 7 nitrogen and oxygen atoms in total. The molecule has 0 aromatic carbocycles. The van der Waals surface area contributed by atoms with Crippen molar-refractivity contribution in [3.63, 3.8) is 0 Å². The minimum absolute atomic E-state index is 0.0483. The van der Waals surface area contributed by atoms with Crippen LogP contribution in [0.4, 0.5) is 0 Å². The Hall–Kier alpha value is -0.730. The normalized spacial score (nSPS) is 27.4. The van der Waals surface area contributed by atoms with E-state index in [-0.39, 0.29) is 25.8 Å². The summed E-state index contributed by atoms with van der Waals surface area (Å²) in [5.41, 5.74) is -1.06. The summed E-state index contributed by atoms with van der Waals surface area (Å²) in [5.74, 6) is -0.340. The van der Waals surface area contributed by atoms with Crippen LogP contribution in [-0.2, 0) is 24.0 Å². The zero-order chi connectivity index (χ0) is 23.1. The number of aliphatic hydroxyl groups is 2. The fraction of sp³-hybridized carbons (Fsp3) is 0.960. The topological polar surface area (TPSA) is 94.5 Å². The Balaban J connectivity index is 1.42. The predicted molar refractivity (Wildman–Crippen MR) is 122 cm³/mol. The van der Waals surface area contributed by atoms with Gasteiger partial charge in [-0.15, -0.1) is 0 Å². The molecule has 2 aliphatic heterocycles. The first-order valence-electron chi connectivity index (χ1n) is 13.0. The quantitative estimate of drug-likeness (QED) is 0.166. The maximum Gasteiger partial charge on any atom is 0.306 e. The lowest BCUT2D eigenvalue weighted by atomic mass is 9.92. The molecule has 2 fully saturated rings. The second-order valence-electron chi connectivity index (χ2n) is 9.54. The smallest absolute Gasteiger partial charge is 0.306 e. The number of carbonyl (C=O) groups excluding carboxylic acids is 1. The van der Waals surface area contributed by atoms with Crippen molar-refractivity contribution >= 4 is 5.97 Å². The van der Waals surface area contributed by atoms with Crippen molar-refractivity contribution in [2.45, 2.75) is 134 Å². The summed E-state index contributed by atoms with van der Waals surface area (Å²) >= 11 is 0. The van der Waals surface area contributed by atoms with Gasteiger partial charge in [-0.1, -0.05) is 96.8 Å². The Bertz CT molecular complexity index is 489. The lowest BCUT2D eigenvalue weighted by molar-refractivity contribution is -0.493. The number of rotatable bonds is 19. The molecule has 32 heavy (non-hydrogen) atoms. The summed E-state index contributed by atoms with van der Waals surface area (Å²) in [5, 5.41) is 19.7. The average molecular weight is 459 g/mol. The van der Waals surface area contributed by atoms with Gasteiger partial charge in [0, 0.05) is 6.42 Å². The second kappa shape index (κ2) is 16.0. The van der Waals surface area contributed by atoms with Crippen LogP contribution in [0.2, 0.25) is 0 Å². The molecule has 0 saturated carbocycles. The number of esters is 1. The zero-order valence-corrected chi connectivity index (χ0v) is 20.1. The van der Waals surface area contributed by atoms with Crippen LogP contribution in [-0.4, -0.2) is 59.9 Å². The highest BCUT2D eigenvalue weighted by molar-refractivity contribution is 5.69. The SMILES string of the molecule is CCCCCCCCCCCCCCCCCC(=O)O[C@@H]1[C@@H](O)CO[C@@H]1[C@]1(CO)COO1. The number of carbonyl (C=O) groups is 1. The van der Waals surface area contributed by atoms with Gasteiger partial charge in [0.2, 0.25) is 0 Å². The summed E-state index contributed by atoms with van der Waals surface area (Å²) < 4.78 is 11.0. The molecule has 0 bridgehead atoms. The van der Waals surface area contributed by atoms with Crippen LogP contribution in [0.25, 0.3) is 0 Å². The molecule has 0 unspecified atom stereocenters. The Kier molecular flexibility index (Phi) is 13.7. The van der Waals surface area contributed by atoms with Gasteiger partial charge in [0.1, 0.15) is 18.8 Å². The standard InChI is InChI=1S/C25H46O7/c1-2-3-4-5-6-7-8-9-10-11-12-13-14-15-16-17-22(28)31-23-21(27)18-29-24(23)25(19-26)20-30-32-25/h21,23-24,26-27H,2-20H2,1H3/t21-,23+,24-,25-/m0/s1. The van der Waals surface area contributed by atoms with Gasteiger partial charge in [0.25, 0.3) is 0 Å². The summed E-state index contributed by atoms with van der Waals surface area (Å²) in [6, 6.07) is 0. The van der Waals surface area contributed by atoms with Crippen LogP contribution < -0.4 is 0 Å². The van der Waals surface area contributed by atoms with Crippen molar-refractivity contribution in [1.82, 2.24) is 0 Å². The summed E-state index contributed by atoms with van der Waals surface area (Å²) in [4.78, 5) is 22.0. The molecule has 2 N–H and O–H groups in total. The maximum absolute atomic E-state index is 12.2. The van der Waals surface area contributed by atoms with E-state index >= 15 is 0 Å². The minimum Gasteiger partial charge on any atom is -0.457 e. The number of hydrogen-bond donors (Lipinski definition) is 2. The van der Waals surface area contributed by atoms with Gasteiger partial charge in [-0.05, 0) is 6.42 Å². The lowest BCUT2D eigenvalue weighted by Crippen LogP contribution is -2.63. The fourth-order valence-electron chi connectivity index (χ4n) is 4.54. The van der Waals surface area contributed by atoms with Crippen molar-refractivity contribution in [3.05, 3.63) is 0 Å². The highest BCUT2D eigenvalue weighted by Crippen LogP contribution is 2.35. The Morgan fingerprint density at radius 1 is 0.906 bits per heavy atom. The summed E-state index contributed by atoms with van der Waals surface area (Å²) in [6.45, 7) is 2.14. The molecule has 0 aromatic heterocycles. The first-order chi connectivity index (χ1) is 15.6. The summed E-state index contributed by atoms with van der Waals surface area (Å²) in [7, 11) is 0. The van der Waals surface area contributed by atoms with Crippen molar-refractivity contribution in [3.8, 4) is 0 Å². The van der Waals surface area contributed by atoms with E-state index in [1.807, 2.05) is 0 Å². The molecule has 188 valence electrons. The molecule has 4 atom stereocenters. The molecular weight excluding hydrogens is 412 g/mol. The van der Waals surface area contributed by atoms with Gasteiger partial charge in [-0.3, -0.25) is 4.79 Å². The molecule has 7 heteroatoms. The van der Waals surface area contributed by atoms with Crippen molar-refractivity contribution < 1.29 is 34.3 Å². The van der Waals surface area contributed by atoms with E-state index in [0.717, 1.165) is 19.3 Å². The minimum atomic E-state index is -1.06. The molecule has 0 radical (unpaired) electrons. The third kappa shape index (κ3) is 9.26. The van der Waals surface area contributed by atoms with Crippen LogP contribution in [0.15, 0.2) is 0 Å². The zero-order valence-electron chi connectivity index (χ0n) is 20.1. The van der Waals surface area contributed by atoms with E-state index < -0.39 is 23.9 Å². The van der Waals surface area contributed by atoms with Crippen LogP contribution >= 0.6 is 0 Å². The average Bonchev–Trinajstić information content (AvgIpc) is 3.11. The van der Waals surface area contributed by atoms with E-state index in [0.29, 0.717) is 6.42 Å². The Morgan fingerprint density at radius 3 is 1.84 bits per heavy atom. The molecule has 0 spiro atoms. The molecular formula is C25H46O7. The third-order valence-corrected chi connectivity index (χ3v) is 6.69. The first-order valence-corrected chi connectivity index (χ1v) is 13.0. The van der Waals surface area contributed by atoms with Gasteiger partial charge in [0.15, 0.2) is 11.7 Å². The monoisotopic (exact) mass is 458 g/mol. The van der Waals surface area contributed by atoms with Crippen molar-refractivity contribution in [2.24, 2.45) is 0 Å². The Labute approximate surface area is 194 Å². The molecule has 0 amide bonds. The molecule has 2 rings (SSSR count). The largest absolute Gasteiger partial charge is 0.457 e. The lowest BCUT2D eigenvalue weighted by Gasteiger charge is -2.43. The number of aliphatic hydroxyl groups excluding tert-OH is 2. The van der Waals surface area contributed by atoms with E-state index in [1.165, 1.54) is 77.0 Å². The molecule has 0 aromatic rings. The second-order valence-corrected chi connectivity index (χ2v) is 9.54. The maximum atomic E-state index is 12.2. The van der Waals surface area contributed by atoms with Crippen LogP contribution in [0.1, 0.15) is 110 Å². The van der Waals surface area contributed by atoms with Gasteiger partial charge < -0.3 is 19.7 Å². The Morgan fingerprint density at radius 2 is 1.41 bits per heavy atom. The van der Waals surface area contributed by atoms with Crippen molar-refractivity contribution in [1.29, 1.82) is 0 Å². The van der Waals surface area contributed by atoms with Crippen molar-refractivity contribution in [2.75, 3.05) is 19.8 Å². The van der Waals surface area contributed by atoms with Crippen LogP contribution in [0.3, 0.4) is 0 Å². The molecule has 0 aliphatic carbocycles. The van der Waals surface area contributed by atoms with E-state index in [4.69, 9.17) is 19.2 Å². The molecule has 2 heterocycles. The highest BCUT2D eigenvalue weighted by Gasteiger charge is 2.58. The van der Waals surface area contributed by atoms with Gasteiger partial charge in [-0.25, -0.2) is 9.78 Å². The van der Waals surface area contributed by atoms with E-state index in [1.54, 1.807) is 0 Å². The molecule has 2 aliphatic rings. The van der Waals surface area contributed by atoms with Crippen LogP contribution in [0.5, 0.6) is 0 Å².